The summed E-state index contributed by atoms with van der Waals surface area (Å²) in [5.74, 6) is -2.33. The molecule has 3 aromatic rings. The molecule has 188 valence electrons. The largest absolute Gasteiger partial charge is 0.372 e. The lowest BCUT2D eigenvalue weighted by molar-refractivity contribution is -0.149. The van der Waals surface area contributed by atoms with E-state index in [1.807, 2.05) is 18.2 Å². The molecule has 36 heavy (non-hydrogen) atoms. The molecule has 1 saturated heterocycles. The number of rotatable bonds is 8. The third-order valence-electron chi connectivity index (χ3n) is 5.82. The first-order valence-corrected chi connectivity index (χ1v) is 12.9. The van der Waals surface area contributed by atoms with Crippen molar-refractivity contribution in [3.8, 4) is 0 Å². The van der Waals surface area contributed by atoms with Crippen molar-refractivity contribution in [1.29, 1.82) is 0 Å². The van der Waals surface area contributed by atoms with Crippen LogP contribution in [0.15, 0.2) is 77.7 Å². The zero-order valence-corrected chi connectivity index (χ0v) is 20.5. The van der Waals surface area contributed by atoms with Crippen LogP contribution >= 0.6 is 11.6 Å². The van der Waals surface area contributed by atoms with Gasteiger partial charge in [0.15, 0.2) is 0 Å². The zero-order chi connectivity index (χ0) is 25.9. The van der Waals surface area contributed by atoms with E-state index < -0.39 is 33.3 Å². The lowest BCUT2D eigenvalue weighted by atomic mass is 10.0. The van der Waals surface area contributed by atoms with Crippen molar-refractivity contribution in [2.45, 2.75) is 30.0 Å². The molecule has 0 spiro atoms. The second kappa shape index (κ2) is 10.4. The van der Waals surface area contributed by atoms with Crippen LogP contribution in [0.5, 0.6) is 0 Å². The van der Waals surface area contributed by atoms with Gasteiger partial charge in [-0.25, -0.2) is 17.5 Å². The van der Waals surface area contributed by atoms with Gasteiger partial charge in [-0.2, -0.15) is 0 Å². The number of sulfonamides is 1. The third kappa shape index (κ3) is 5.57. The van der Waals surface area contributed by atoms with Crippen LogP contribution in [-0.2, 0) is 32.7 Å². The number of halogens is 2. The van der Waals surface area contributed by atoms with E-state index in [0.29, 0.717) is 11.3 Å². The van der Waals surface area contributed by atoms with Crippen molar-refractivity contribution >= 4 is 39.1 Å². The molecule has 8 nitrogen and oxygen atoms in total. The summed E-state index contributed by atoms with van der Waals surface area (Å²) >= 11 is 5.81. The summed E-state index contributed by atoms with van der Waals surface area (Å²) < 4.78 is 41.2. The number of aliphatic hydroxyl groups is 1. The monoisotopic (exact) mass is 531 g/mol. The Morgan fingerprint density at radius 2 is 1.72 bits per heavy atom. The standard InChI is InChI=1S/C25H23ClFN3O5S/c26-19-12-18(13-20(27)14-19)15-28-23(31)25(33)10-11-30(24(25)32)21-6-8-22(9-7-21)36(34,35)29-16-17-4-2-1-3-5-17/h1-9,12-14,29,33H,10-11,15-16H2,(H,28,31). The highest BCUT2D eigenvalue weighted by Crippen LogP contribution is 2.29. The first-order valence-electron chi connectivity index (χ1n) is 11.0. The molecule has 0 radical (unpaired) electrons. The molecular formula is C25H23ClFN3O5S. The lowest BCUT2D eigenvalue weighted by Crippen LogP contribution is -2.52. The third-order valence-corrected chi connectivity index (χ3v) is 7.45. The molecule has 2 amide bonds. The fraction of sp³-hybridized carbons (Fsp3) is 0.200. The van der Waals surface area contributed by atoms with E-state index in [1.54, 1.807) is 12.1 Å². The highest BCUT2D eigenvalue weighted by atomic mass is 35.5. The van der Waals surface area contributed by atoms with Crippen LogP contribution in [0.2, 0.25) is 5.02 Å². The van der Waals surface area contributed by atoms with Gasteiger partial charge in [0.2, 0.25) is 15.6 Å². The van der Waals surface area contributed by atoms with Gasteiger partial charge in [0.1, 0.15) is 5.82 Å². The molecule has 0 bridgehead atoms. The van der Waals surface area contributed by atoms with Gasteiger partial charge in [0.05, 0.1) is 4.90 Å². The molecule has 1 aliphatic rings. The summed E-state index contributed by atoms with van der Waals surface area (Å²) in [5.41, 5.74) is -0.794. The number of hydrogen-bond donors (Lipinski definition) is 3. The van der Waals surface area contributed by atoms with E-state index in [9.17, 15) is 27.5 Å². The summed E-state index contributed by atoms with van der Waals surface area (Å²) in [7, 11) is -3.79. The minimum Gasteiger partial charge on any atom is -0.372 e. The van der Waals surface area contributed by atoms with E-state index >= 15 is 0 Å². The molecule has 1 heterocycles. The molecular weight excluding hydrogens is 509 g/mol. The molecule has 1 atom stereocenters. The minimum absolute atomic E-state index is 0.00980. The van der Waals surface area contributed by atoms with Crippen LogP contribution in [0.1, 0.15) is 17.5 Å². The predicted octanol–water partition coefficient (Wildman–Crippen LogP) is 2.74. The van der Waals surface area contributed by atoms with Crippen LogP contribution in [0.25, 0.3) is 0 Å². The Bertz CT molecular complexity index is 1370. The van der Waals surface area contributed by atoms with Crippen molar-refractivity contribution in [3.05, 3.63) is 94.8 Å². The molecule has 3 N–H and O–H groups in total. The Labute approximate surface area is 212 Å². The maximum Gasteiger partial charge on any atom is 0.268 e. The normalized spacial score (nSPS) is 17.9. The Morgan fingerprint density at radius 3 is 2.39 bits per heavy atom. The Kier molecular flexibility index (Phi) is 7.41. The Hall–Kier alpha value is -3.31. The maximum atomic E-state index is 13.5. The van der Waals surface area contributed by atoms with Crippen molar-refractivity contribution in [2.24, 2.45) is 0 Å². The second-order valence-electron chi connectivity index (χ2n) is 8.33. The fourth-order valence-electron chi connectivity index (χ4n) is 3.87. The van der Waals surface area contributed by atoms with Crippen molar-refractivity contribution < 1.29 is 27.5 Å². The Morgan fingerprint density at radius 1 is 1.03 bits per heavy atom. The van der Waals surface area contributed by atoms with Crippen LogP contribution in [0.4, 0.5) is 10.1 Å². The number of hydrogen-bond acceptors (Lipinski definition) is 5. The summed E-state index contributed by atoms with van der Waals surface area (Å²) in [4.78, 5) is 26.8. The van der Waals surface area contributed by atoms with Crippen LogP contribution in [-0.4, -0.2) is 37.5 Å². The van der Waals surface area contributed by atoms with E-state index in [2.05, 4.69) is 10.0 Å². The Balaban J connectivity index is 1.40. The SMILES string of the molecule is O=C(NCc1cc(F)cc(Cl)c1)C1(O)CCN(c2ccc(S(=O)(=O)NCc3ccccc3)cc2)C1=O. The molecule has 0 saturated carbocycles. The number of amides is 2. The lowest BCUT2D eigenvalue weighted by Gasteiger charge is -2.22. The van der Waals surface area contributed by atoms with Gasteiger partial charge in [-0.3, -0.25) is 9.59 Å². The predicted molar refractivity (Wildman–Crippen MR) is 132 cm³/mol. The second-order valence-corrected chi connectivity index (χ2v) is 10.5. The smallest absolute Gasteiger partial charge is 0.268 e. The van der Waals surface area contributed by atoms with Gasteiger partial charge in [-0.1, -0.05) is 41.9 Å². The molecule has 1 fully saturated rings. The first kappa shape index (κ1) is 25.8. The van der Waals surface area contributed by atoms with Gasteiger partial charge in [-0.05, 0) is 53.6 Å². The number of carbonyl (C=O) groups is 2. The number of nitrogens with one attached hydrogen (secondary N) is 2. The zero-order valence-electron chi connectivity index (χ0n) is 18.9. The molecule has 1 unspecified atom stereocenters. The summed E-state index contributed by atoms with van der Waals surface area (Å²) in [6, 6.07) is 18.4. The summed E-state index contributed by atoms with van der Waals surface area (Å²) in [5, 5.41) is 13.4. The van der Waals surface area contributed by atoms with Crippen LogP contribution in [0, 0.1) is 5.82 Å². The average Bonchev–Trinajstić information content (AvgIpc) is 3.17. The van der Waals surface area contributed by atoms with Gasteiger partial charge in [0, 0.05) is 36.8 Å². The van der Waals surface area contributed by atoms with Gasteiger partial charge < -0.3 is 15.3 Å². The molecule has 1 aliphatic heterocycles. The van der Waals surface area contributed by atoms with Gasteiger partial charge in [-0.15, -0.1) is 0 Å². The molecule has 3 aromatic carbocycles. The number of anilines is 1. The number of carbonyl (C=O) groups excluding carboxylic acids is 2. The molecule has 11 heteroatoms. The van der Waals surface area contributed by atoms with E-state index in [0.717, 1.165) is 11.6 Å². The number of benzene rings is 3. The fourth-order valence-corrected chi connectivity index (χ4v) is 5.13. The summed E-state index contributed by atoms with van der Waals surface area (Å²) in [6.45, 7) is 0.0425. The number of nitrogens with zero attached hydrogens (tertiary/aromatic N) is 1. The van der Waals surface area contributed by atoms with Gasteiger partial charge >= 0.3 is 0 Å². The first-order chi connectivity index (χ1) is 17.1. The van der Waals surface area contributed by atoms with E-state index in [-0.39, 0.29) is 36.0 Å². The minimum atomic E-state index is -3.79. The molecule has 0 aromatic heterocycles. The van der Waals surface area contributed by atoms with Crippen molar-refractivity contribution in [2.75, 3.05) is 11.4 Å². The van der Waals surface area contributed by atoms with E-state index in [4.69, 9.17) is 11.6 Å². The van der Waals surface area contributed by atoms with Crippen molar-refractivity contribution in [1.82, 2.24) is 10.0 Å². The van der Waals surface area contributed by atoms with Crippen molar-refractivity contribution in [3.63, 3.8) is 0 Å². The van der Waals surface area contributed by atoms with Crippen LogP contribution < -0.4 is 14.9 Å². The van der Waals surface area contributed by atoms with Gasteiger partial charge in [0.25, 0.3) is 11.8 Å². The molecule has 0 aliphatic carbocycles. The summed E-state index contributed by atoms with van der Waals surface area (Å²) in [6.07, 6.45) is -0.166. The highest BCUT2D eigenvalue weighted by Gasteiger charge is 2.51. The van der Waals surface area contributed by atoms with Crippen LogP contribution in [0.3, 0.4) is 0 Å². The topological polar surface area (TPSA) is 116 Å². The van der Waals surface area contributed by atoms with E-state index in [1.165, 1.54) is 41.3 Å². The quantitative estimate of drug-likeness (QED) is 0.387. The maximum absolute atomic E-state index is 13.5. The average molecular weight is 532 g/mol. The highest BCUT2D eigenvalue weighted by molar-refractivity contribution is 7.89. The molecule has 4 rings (SSSR count).